The number of carbonyl (C=O) groups excluding carboxylic acids is 1. The molecule has 78 valence electrons. The van der Waals surface area contributed by atoms with Crippen LogP contribution in [0.5, 0.6) is 0 Å². The third-order valence-electron chi connectivity index (χ3n) is 2.09. The summed E-state index contributed by atoms with van der Waals surface area (Å²) in [5.74, 6) is -0.0281. The monoisotopic (exact) mass is 194 g/mol. The SMILES string of the molecule is CC1C=CC=CC1C(=O)OC(C)(C)C. The largest absolute Gasteiger partial charge is 0.459 e. The molecule has 0 N–H and O–H groups in total. The lowest BCUT2D eigenvalue weighted by Crippen LogP contribution is -2.30. The molecule has 0 aromatic rings. The predicted octanol–water partition coefficient (Wildman–Crippen LogP) is 2.71. The summed E-state index contributed by atoms with van der Waals surface area (Å²) in [6.07, 6.45) is 7.79. The molecular formula is C12H18O2. The third-order valence-corrected chi connectivity index (χ3v) is 2.09. The van der Waals surface area contributed by atoms with Crippen molar-refractivity contribution in [3.63, 3.8) is 0 Å². The molecular weight excluding hydrogens is 176 g/mol. The van der Waals surface area contributed by atoms with Gasteiger partial charge >= 0.3 is 5.97 Å². The van der Waals surface area contributed by atoms with E-state index in [4.69, 9.17) is 4.74 Å². The molecule has 0 aromatic carbocycles. The van der Waals surface area contributed by atoms with Gasteiger partial charge in [-0.2, -0.15) is 0 Å². The fourth-order valence-corrected chi connectivity index (χ4v) is 1.38. The molecule has 0 bridgehead atoms. The van der Waals surface area contributed by atoms with Crippen molar-refractivity contribution < 1.29 is 9.53 Å². The molecule has 1 aliphatic carbocycles. The fraction of sp³-hybridized carbons (Fsp3) is 0.583. The van der Waals surface area contributed by atoms with Crippen LogP contribution >= 0.6 is 0 Å². The number of allylic oxidation sites excluding steroid dienone is 3. The van der Waals surface area contributed by atoms with E-state index in [1.54, 1.807) is 0 Å². The molecule has 1 rings (SSSR count). The van der Waals surface area contributed by atoms with E-state index < -0.39 is 5.60 Å². The van der Waals surface area contributed by atoms with E-state index in [9.17, 15) is 4.79 Å². The Kier molecular flexibility index (Phi) is 3.14. The summed E-state index contributed by atoms with van der Waals surface area (Å²) in [5.41, 5.74) is -0.397. The first-order valence-corrected chi connectivity index (χ1v) is 4.98. The zero-order valence-corrected chi connectivity index (χ0v) is 9.28. The van der Waals surface area contributed by atoms with Crippen LogP contribution in [0.25, 0.3) is 0 Å². The van der Waals surface area contributed by atoms with E-state index in [0.717, 1.165) is 0 Å². The van der Waals surface area contributed by atoms with Gasteiger partial charge in [-0.3, -0.25) is 4.79 Å². The number of esters is 1. The van der Waals surface area contributed by atoms with Gasteiger partial charge < -0.3 is 4.74 Å². The second-order valence-corrected chi connectivity index (χ2v) is 4.69. The molecule has 0 saturated heterocycles. The molecule has 2 atom stereocenters. The van der Waals surface area contributed by atoms with Crippen LogP contribution in [0.4, 0.5) is 0 Å². The Labute approximate surface area is 85.6 Å². The molecule has 14 heavy (non-hydrogen) atoms. The number of carbonyl (C=O) groups is 1. The first-order chi connectivity index (χ1) is 6.40. The lowest BCUT2D eigenvalue weighted by Gasteiger charge is -2.25. The van der Waals surface area contributed by atoms with Gasteiger partial charge in [-0.1, -0.05) is 31.2 Å². The second-order valence-electron chi connectivity index (χ2n) is 4.69. The van der Waals surface area contributed by atoms with E-state index >= 15 is 0 Å². The first kappa shape index (κ1) is 11.0. The highest BCUT2D eigenvalue weighted by Crippen LogP contribution is 2.22. The minimum atomic E-state index is -0.397. The van der Waals surface area contributed by atoms with Gasteiger partial charge in [0.25, 0.3) is 0 Å². The molecule has 0 saturated carbocycles. The molecule has 1 aliphatic rings. The van der Waals surface area contributed by atoms with Crippen LogP contribution < -0.4 is 0 Å². The Balaban J connectivity index is 2.62. The van der Waals surface area contributed by atoms with Crippen molar-refractivity contribution in [2.75, 3.05) is 0 Å². The molecule has 0 radical (unpaired) electrons. The molecule has 2 nitrogen and oxygen atoms in total. The van der Waals surface area contributed by atoms with Gasteiger partial charge in [0.1, 0.15) is 5.60 Å². The Morgan fingerprint density at radius 1 is 1.21 bits per heavy atom. The lowest BCUT2D eigenvalue weighted by atomic mass is 9.90. The van der Waals surface area contributed by atoms with E-state index in [2.05, 4.69) is 0 Å². The van der Waals surface area contributed by atoms with Crippen LogP contribution in [-0.2, 0) is 9.53 Å². The van der Waals surface area contributed by atoms with Crippen LogP contribution in [-0.4, -0.2) is 11.6 Å². The number of rotatable bonds is 1. The van der Waals surface area contributed by atoms with Crippen LogP contribution in [0.3, 0.4) is 0 Å². The maximum atomic E-state index is 11.7. The Hall–Kier alpha value is -1.05. The van der Waals surface area contributed by atoms with Crippen molar-refractivity contribution in [1.82, 2.24) is 0 Å². The van der Waals surface area contributed by atoms with Gasteiger partial charge in [0.15, 0.2) is 0 Å². The number of hydrogen-bond donors (Lipinski definition) is 0. The van der Waals surface area contributed by atoms with Crippen molar-refractivity contribution >= 4 is 5.97 Å². The van der Waals surface area contributed by atoms with Crippen LogP contribution in [0.2, 0.25) is 0 Å². The number of ether oxygens (including phenoxy) is 1. The van der Waals surface area contributed by atoms with Crippen LogP contribution in [0.1, 0.15) is 27.7 Å². The van der Waals surface area contributed by atoms with E-state index in [0.29, 0.717) is 0 Å². The smallest absolute Gasteiger partial charge is 0.313 e. The molecule has 0 spiro atoms. The Morgan fingerprint density at radius 3 is 2.29 bits per heavy atom. The van der Waals surface area contributed by atoms with E-state index in [1.165, 1.54) is 0 Å². The third kappa shape index (κ3) is 3.02. The lowest BCUT2D eigenvalue weighted by molar-refractivity contribution is -0.159. The molecule has 0 fully saturated rings. The maximum Gasteiger partial charge on any atom is 0.313 e. The quantitative estimate of drug-likeness (QED) is 0.600. The molecule has 2 unspecified atom stereocenters. The van der Waals surface area contributed by atoms with Crippen LogP contribution in [0.15, 0.2) is 24.3 Å². The standard InChI is InChI=1S/C12H18O2/c1-9-7-5-6-8-10(9)11(13)14-12(2,3)4/h5-10H,1-4H3. The normalized spacial score (nSPS) is 26.3. The highest BCUT2D eigenvalue weighted by Gasteiger charge is 2.27. The van der Waals surface area contributed by atoms with Gasteiger partial charge in [-0.25, -0.2) is 0 Å². The highest BCUT2D eigenvalue weighted by molar-refractivity contribution is 5.76. The Morgan fingerprint density at radius 2 is 1.79 bits per heavy atom. The molecule has 0 amide bonds. The summed E-state index contributed by atoms with van der Waals surface area (Å²) in [6, 6.07) is 0. The zero-order valence-electron chi connectivity index (χ0n) is 9.28. The van der Waals surface area contributed by atoms with Gasteiger partial charge in [0.2, 0.25) is 0 Å². The summed E-state index contributed by atoms with van der Waals surface area (Å²) < 4.78 is 5.32. The van der Waals surface area contributed by atoms with Crippen molar-refractivity contribution in [3.8, 4) is 0 Å². The fourth-order valence-electron chi connectivity index (χ4n) is 1.38. The van der Waals surface area contributed by atoms with Gasteiger partial charge in [-0.15, -0.1) is 0 Å². The summed E-state index contributed by atoms with van der Waals surface area (Å²) in [6.45, 7) is 7.68. The summed E-state index contributed by atoms with van der Waals surface area (Å²) in [7, 11) is 0. The van der Waals surface area contributed by atoms with E-state index in [-0.39, 0.29) is 17.8 Å². The molecule has 0 aliphatic heterocycles. The predicted molar refractivity (Wildman–Crippen MR) is 56.8 cm³/mol. The van der Waals surface area contributed by atoms with Crippen molar-refractivity contribution in [3.05, 3.63) is 24.3 Å². The van der Waals surface area contributed by atoms with Crippen molar-refractivity contribution in [2.24, 2.45) is 11.8 Å². The summed E-state index contributed by atoms with van der Waals surface area (Å²) in [4.78, 5) is 11.7. The Bertz CT molecular complexity index is 269. The average molecular weight is 194 g/mol. The second kappa shape index (κ2) is 3.99. The van der Waals surface area contributed by atoms with Crippen molar-refractivity contribution in [1.29, 1.82) is 0 Å². The average Bonchev–Trinajstić information content (AvgIpc) is 2.01. The number of hydrogen-bond acceptors (Lipinski definition) is 2. The van der Waals surface area contributed by atoms with Crippen molar-refractivity contribution in [2.45, 2.75) is 33.3 Å². The molecule has 0 aromatic heterocycles. The van der Waals surface area contributed by atoms with Gasteiger partial charge in [0.05, 0.1) is 5.92 Å². The van der Waals surface area contributed by atoms with Gasteiger partial charge in [-0.05, 0) is 26.7 Å². The van der Waals surface area contributed by atoms with E-state index in [1.807, 2.05) is 52.0 Å². The zero-order chi connectivity index (χ0) is 10.8. The molecule has 0 heterocycles. The first-order valence-electron chi connectivity index (χ1n) is 4.98. The minimum absolute atomic E-state index is 0.126. The highest BCUT2D eigenvalue weighted by atomic mass is 16.6. The topological polar surface area (TPSA) is 26.3 Å². The maximum absolute atomic E-state index is 11.7. The minimum Gasteiger partial charge on any atom is -0.459 e. The van der Waals surface area contributed by atoms with Crippen LogP contribution in [0, 0.1) is 11.8 Å². The summed E-state index contributed by atoms with van der Waals surface area (Å²) >= 11 is 0. The van der Waals surface area contributed by atoms with Gasteiger partial charge in [0, 0.05) is 0 Å². The molecule has 2 heteroatoms. The summed E-state index contributed by atoms with van der Waals surface area (Å²) in [5, 5.41) is 0.